The fourth-order valence-corrected chi connectivity index (χ4v) is 3.98. The lowest BCUT2D eigenvalue weighted by Gasteiger charge is -2.15. The molecule has 10 heteroatoms. The molecule has 0 radical (unpaired) electrons. The molecule has 0 spiro atoms. The number of anilines is 1. The summed E-state index contributed by atoms with van der Waals surface area (Å²) >= 11 is 1.28. The highest BCUT2D eigenvalue weighted by molar-refractivity contribution is 7.16. The zero-order chi connectivity index (χ0) is 20.8. The number of ether oxygens (including phenoxy) is 1. The molecule has 3 rings (SSSR count). The van der Waals surface area contributed by atoms with Crippen LogP contribution in [0.4, 0.5) is 5.13 Å². The minimum Gasteiger partial charge on any atom is -0.464 e. The molecule has 2 aromatic heterocycles. The largest absolute Gasteiger partial charge is 0.464 e. The van der Waals surface area contributed by atoms with E-state index in [9.17, 15) is 9.59 Å². The molecular weight excluding hydrogens is 392 g/mol. The van der Waals surface area contributed by atoms with Gasteiger partial charge in [0.05, 0.1) is 7.11 Å². The number of amides is 1. The predicted octanol–water partition coefficient (Wildman–Crippen LogP) is 2.54. The number of rotatable bonds is 8. The Hall–Kier alpha value is -3.14. The third-order valence-electron chi connectivity index (χ3n) is 4.16. The van der Waals surface area contributed by atoms with Gasteiger partial charge in [-0.3, -0.25) is 4.79 Å². The average molecular weight is 414 g/mol. The van der Waals surface area contributed by atoms with Crippen molar-refractivity contribution in [3.63, 3.8) is 0 Å². The standard InChI is InChI=1S/C19H22N6O3S/c1-12(2)9-15-16(18(27)28-3)21-19(29-15)22-17(26)14(25-11-20-23-24-25)10-13-7-5-4-6-8-13/h4-8,11-12,14H,9-10H2,1-3H3,(H,21,22,26)/t14-/m0/s1. The molecular formula is C19H22N6O3S. The van der Waals surface area contributed by atoms with Gasteiger partial charge in [-0.1, -0.05) is 44.2 Å². The van der Waals surface area contributed by atoms with Crippen LogP contribution in [0.5, 0.6) is 0 Å². The maximum Gasteiger partial charge on any atom is 0.357 e. The van der Waals surface area contributed by atoms with Crippen molar-refractivity contribution in [1.82, 2.24) is 25.2 Å². The van der Waals surface area contributed by atoms with Crippen LogP contribution in [0.3, 0.4) is 0 Å². The first-order valence-corrected chi connectivity index (χ1v) is 9.94. The molecule has 2 heterocycles. The number of aromatic nitrogens is 5. The van der Waals surface area contributed by atoms with Gasteiger partial charge in [-0.2, -0.15) is 0 Å². The van der Waals surface area contributed by atoms with E-state index in [0.717, 1.165) is 10.4 Å². The molecule has 29 heavy (non-hydrogen) atoms. The molecule has 0 aliphatic rings. The van der Waals surface area contributed by atoms with Gasteiger partial charge in [-0.25, -0.2) is 14.5 Å². The molecule has 152 valence electrons. The van der Waals surface area contributed by atoms with Crippen LogP contribution < -0.4 is 5.32 Å². The van der Waals surface area contributed by atoms with E-state index in [1.807, 2.05) is 44.2 Å². The van der Waals surface area contributed by atoms with E-state index in [-0.39, 0.29) is 11.6 Å². The van der Waals surface area contributed by atoms with E-state index in [0.29, 0.717) is 23.9 Å². The highest BCUT2D eigenvalue weighted by atomic mass is 32.1. The van der Waals surface area contributed by atoms with Gasteiger partial charge in [-0.15, -0.1) is 16.4 Å². The summed E-state index contributed by atoms with van der Waals surface area (Å²) in [4.78, 5) is 30.2. The number of thiazole rings is 1. The lowest BCUT2D eigenvalue weighted by molar-refractivity contribution is -0.119. The summed E-state index contributed by atoms with van der Waals surface area (Å²) in [6.45, 7) is 4.10. The first-order valence-electron chi connectivity index (χ1n) is 9.13. The van der Waals surface area contributed by atoms with Gasteiger partial charge in [0, 0.05) is 11.3 Å². The first-order chi connectivity index (χ1) is 14.0. The smallest absolute Gasteiger partial charge is 0.357 e. The number of nitrogens with zero attached hydrogens (tertiary/aromatic N) is 5. The Morgan fingerprint density at radius 2 is 1.97 bits per heavy atom. The van der Waals surface area contributed by atoms with Gasteiger partial charge in [0.2, 0.25) is 0 Å². The molecule has 0 aliphatic heterocycles. The topological polar surface area (TPSA) is 112 Å². The summed E-state index contributed by atoms with van der Waals surface area (Å²) in [6, 6.07) is 8.94. The third kappa shape index (κ3) is 5.23. The van der Waals surface area contributed by atoms with Crippen molar-refractivity contribution in [2.45, 2.75) is 32.7 Å². The molecule has 0 unspecified atom stereocenters. The maximum absolute atomic E-state index is 13.0. The normalized spacial score (nSPS) is 12.0. The zero-order valence-electron chi connectivity index (χ0n) is 16.4. The quantitative estimate of drug-likeness (QED) is 0.564. The number of carbonyl (C=O) groups is 2. The molecule has 1 amide bonds. The fraction of sp³-hybridized carbons (Fsp3) is 0.368. The molecule has 1 aromatic carbocycles. The highest BCUT2D eigenvalue weighted by Gasteiger charge is 2.25. The Morgan fingerprint density at radius 3 is 2.59 bits per heavy atom. The summed E-state index contributed by atoms with van der Waals surface area (Å²) in [5.41, 5.74) is 1.21. The van der Waals surface area contributed by atoms with E-state index >= 15 is 0 Å². The highest BCUT2D eigenvalue weighted by Crippen LogP contribution is 2.27. The second-order valence-electron chi connectivity index (χ2n) is 6.86. The van der Waals surface area contributed by atoms with E-state index in [2.05, 4.69) is 25.8 Å². The van der Waals surface area contributed by atoms with Crippen LogP contribution in [-0.2, 0) is 22.4 Å². The fourth-order valence-electron chi connectivity index (χ4n) is 2.81. The van der Waals surface area contributed by atoms with Crippen LogP contribution in [-0.4, -0.2) is 44.2 Å². The average Bonchev–Trinajstić information content (AvgIpc) is 3.36. The van der Waals surface area contributed by atoms with Crippen molar-refractivity contribution in [3.05, 3.63) is 52.8 Å². The van der Waals surface area contributed by atoms with Gasteiger partial charge < -0.3 is 10.1 Å². The molecule has 9 nitrogen and oxygen atoms in total. The number of hydrogen-bond acceptors (Lipinski definition) is 8. The Labute approximate surface area is 172 Å². The van der Waals surface area contributed by atoms with Gasteiger partial charge >= 0.3 is 5.97 Å². The second-order valence-corrected chi connectivity index (χ2v) is 7.95. The lowest BCUT2D eigenvalue weighted by Crippen LogP contribution is -2.28. The summed E-state index contributed by atoms with van der Waals surface area (Å²) in [7, 11) is 1.31. The SMILES string of the molecule is COC(=O)c1nc(NC(=O)[C@H](Cc2ccccc2)n2cnnn2)sc1CC(C)C. The maximum atomic E-state index is 13.0. The molecule has 0 bridgehead atoms. The monoisotopic (exact) mass is 414 g/mol. The Kier molecular flexibility index (Phi) is 6.65. The molecule has 0 saturated heterocycles. The molecule has 0 saturated carbocycles. The predicted molar refractivity (Wildman–Crippen MR) is 108 cm³/mol. The molecule has 0 fully saturated rings. The Bertz CT molecular complexity index is 956. The van der Waals surface area contributed by atoms with Crippen molar-refractivity contribution in [2.24, 2.45) is 5.92 Å². The zero-order valence-corrected chi connectivity index (χ0v) is 17.2. The number of carbonyl (C=O) groups excluding carboxylic acids is 2. The summed E-state index contributed by atoms with van der Waals surface area (Å²) < 4.78 is 6.23. The van der Waals surface area contributed by atoms with Gasteiger partial charge in [-0.05, 0) is 28.3 Å². The van der Waals surface area contributed by atoms with Crippen LogP contribution in [0.2, 0.25) is 0 Å². The van der Waals surface area contributed by atoms with Crippen molar-refractivity contribution in [2.75, 3.05) is 12.4 Å². The Morgan fingerprint density at radius 1 is 1.21 bits per heavy atom. The number of nitrogens with one attached hydrogen (secondary N) is 1. The summed E-state index contributed by atoms with van der Waals surface area (Å²) in [5.74, 6) is -0.504. The number of tetrazole rings is 1. The van der Waals surface area contributed by atoms with Crippen molar-refractivity contribution >= 4 is 28.3 Å². The molecule has 0 aliphatic carbocycles. The van der Waals surface area contributed by atoms with Gasteiger partial charge in [0.25, 0.3) is 5.91 Å². The van der Waals surface area contributed by atoms with E-state index in [1.165, 1.54) is 29.5 Å². The molecule has 1 atom stereocenters. The summed E-state index contributed by atoms with van der Waals surface area (Å²) in [6.07, 6.45) is 2.48. The van der Waals surface area contributed by atoms with Crippen LogP contribution in [0.15, 0.2) is 36.7 Å². The van der Waals surface area contributed by atoms with E-state index in [1.54, 1.807) is 0 Å². The lowest BCUT2D eigenvalue weighted by atomic mass is 10.1. The van der Waals surface area contributed by atoms with E-state index in [4.69, 9.17) is 4.74 Å². The van der Waals surface area contributed by atoms with Crippen molar-refractivity contribution in [1.29, 1.82) is 0 Å². The number of benzene rings is 1. The number of methoxy groups -OCH3 is 1. The molecule has 1 N–H and O–H groups in total. The van der Waals surface area contributed by atoms with Crippen LogP contribution in [0.1, 0.15) is 40.8 Å². The van der Waals surface area contributed by atoms with Crippen LogP contribution >= 0.6 is 11.3 Å². The van der Waals surface area contributed by atoms with Gasteiger partial charge in [0.1, 0.15) is 12.4 Å². The van der Waals surface area contributed by atoms with E-state index < -0.39 is 12.0 Å². The molecule has 3 aromatic rings. The van der Waals surface area contributed by atoms with Crippen molar-refractivity contribution < 1.29 is 14.3 Å². The second kappa shape index (κ2) is 9.37. The van der Waals surface area contributed by atoms with Crippen molar-refractivity contribution in [3.8, 4) is 0 Å². The number of esters is 1. The summed E-state index contributed by atoms with van der Waals surface area (Å²) in [5, 5.41) is 14.3. The van der Waals surface area contributed by atoms with Crippen LogP contribution in [0.25, 0.3) is 0 Å². The minimum absolute atomic E-state index is 0.239. The minimum atomic E-state index is -0.661. The third-order valence-corrected chi connectivity index (χ3v) is 5.15. The Balaban J connectivity index is 1.84. The van der Waals surface area contributed by atoms with Crippen LogP contribution in [0, 0.1) is 5.92 Å². The van der Waals surface area contributed by atoms with Gasteiger partial charge in [0.15, 0.2) is 10.8 Å². The first kappa shape index (κ1) is 20.6. The number of hydrogen-bond donors (Lipinski definition) is 1.